The number of nitro benzene ring substituents is 1. The Morgan fingerprint density at radius 2 is 1.75 bits per heavy atom. The van der Waals surface area contributed by atoms with E-state index in [0.717, 1.165) is 6.07 Å². The zero-order valence-electron chi connectivity index (χ0n) is 8.26. The molecule has 0 aliphatic rings. The molecule has 0 atom stereocenters. The fourth-order valence-corrected chi connectivity index (χ4v) is 1.52. The van der Waals surface area contributed by atoms with E-state index < -0.39 is 10.7 Å². The van der Waals surface area contributed by atoms with Crippen LogP contribution in [0.4, 0.5) is 10.1 Å². The Kier molecular flexibility index (Phi) is 2.64. The highest BCUT2D eigenvalue weighted by Crippen LogP contribution is 2.29. The topological polar surface area (TPSA) is 43.1 Å². The van der Waals surface area contributed by atoms with Crippen LogP contribution in [-0.4, -0.2) is 4.92 Å². The summed E-state index contributed by atoms with van der Waals surface area (Å²) in [4.78, 5) is 10.3. The second-order valence-corrected chi connectivity index (χ2v) is 3.28. The van der Waals surface area contributed by atoms with Crippen LogP contribution < -0.4 is 0 Å². The first-order valence-electron chi connectivity index (χ1n) is 4.68. The lowest BCUT2D eigenvalue weighted by Crippen LogP contribution is -1.92. The second kappa shape index (κ2) is 4.10. The lowest BCUT2D eigenvalue weighted by Gasteiger charge is -2.02. The summed E-state index contributed by atoms with van der Waals surface area (Å²) in [5, 5.41) is 10.8. The van der Waals surface area contributed by atoms with Crippen LogP contribution >= 0.6 is 0 Å². The minimum Gasteiger partial charge on any atom is -0.258 e. The number of hydrogen-bond donors (Lipinski definition) is 0. The smallest absolute Gasteiger partial charge is 0.258 e. The lowest BCUT2D eigenvalue weighted by molar-refractivity contribution is -0.384. The van der Waals surface area contributed by atoms with E-state index in [9.17, 15) is 14.5 Å². The van der Waals surface area contributed by atoms with Gasteiger partial charge in [-0.25, -0.2) is 4.39 Å². The average Bonchev–Trinajstić information content (AvgIpc) is 2.29. The summed E-state index contributed by atoms with van der Waals surface area (Å²) in [5.41, 5.74) is 0.840. The lowest BCUT2D eigenvalue weighted by atomic mass is 10.0. The Labute approximate surface area is 91.3 Å². The Morgan fingerprint density at radius 3 is 2.38 bits per heavy atom. The monoisotopic (exact) mass is 217 g/mol. The molecule has 0 aromatic heterocycles. The zero-order valence-corrected chi connectivity index (χ0v) is 8.26. The molecule has 2 rings (SSSR count). The SMILES string of the molecule is O=[N+]([O-])c1ccc(F)cc1-c1ccccc1. The molecule has 2 aromatic carbocycles. The number of hydrogen-bond acceptors (Lipinski definition) is 2. The molecule has 4 heteroatoms. The van der Waals surface area contributed by atoms with Crippen LogP contribution in [0.15, 0.2) is 48.5 Å². The van der Waals surface area contributed by atoms with Crippen molar-refractivity contribution in [3.8, 4) is 11.1 Å². The minimum absolute atomic E-state index is 0.0902. The summed E-state index contributed by atoms with van der Waals surface area (Å²) < 4.78 is 13.1. The third-order valence-corrected chi connectivity index (χ3v) is 2.24. The quantitative estimate of drug-likeness (QED) is 0.571. The first-order chi connectivity index (χ1) is 7.68. The van der Waals surface area contributed by atoms with Gasteiger partial charge in [-0.2, -0.15) is 0 Å². The fraction of sp³-hybridized carbons (Fsp3) is 0. The van der Waals surface area contributed by atoms with E-state index in [2.05, 4.69) is 0 Å². The van der Waals surface area contributed by atoms with Gasteiger partial charge in [0.2, 0.25) is 0 Å². The fourth-order valence-electron chi connectivity index (χ4n) is 1.52. The van der Waals surface area contributed by atoms with Crippen molar-refractivity contribution in [3.05, 3.63) is 64.5 Å². The molecule has 0 bridgehead atoms. The molecule has 0 aliphatic carbocycles. The molecule has 3 nitrogen and oxygen atoms in total. The van der Waals surface area contributed by atoms with Crippen molar-refractivity contribution in [3.63, 3.8) is 0 Å². The van der Waals surface area contributed by atoms with Gasteiger partial charge < -0.3 is 0 Å². The third kappa shape index (κ3) is 1.91. The predicted octanol–water partition coefficient (Wildman–Crippen LogP) is 3.40. The summed E-state index contributed by atoms with van der Waals surface area (Å²) in [6.07, 6.45) is 0. The highest BCUT2D eigenvalue weighted by atomic mass is 19.1. The Bertz CT molecular complexity index is 526. The second-order valence-electron chi connectivity index (χ2n) is 3.28. The van der Waals surface area contributed by atoms with Gasteiger partial charge in [0.15, 0.2) is 0 Å². The van der Waals surface area contributed by atoms with E-state index in [1.165, 1.54) is 12.1 Å². The Hall–Kier alpha value is -2.23. The maximum absolute atomic E-state index is 13.1. The molecule has 0 spiro atoms. The molecule has 0 heterocycles. The van der Waals surface area contributed by atoms with E-state index in [1.807, 2.05) is 0 Å². The Morgan fingerprint density at radius 1 is 1.06 bits per heavy atom. The molecular formula is C12H8FNO2. The summed E-state index contributed by atoms with van der Waals surface area (Å²) in [6, 6.07) is 12.2. The predicted molar refractivity (Wildman–Crippen MR) is 58.5 cm³/mol. The molecule has 0 N–H and O–H groups in total. The first-order valence-corrected chi connectivity index (χ1v) is 4.68. The third-order valence-electron chi connectivity index (χ3n) is 2.24. The maximum Gasteiger partial charge on any atom is 0.277 e. The summed E-state index contributed by atoms with van der Waals surface area (Å²) >= 11 is 0. The number of benzene rings is 2. The number of rotatable bonds is 2. The maximum atomic E-state index is 13.1. The molecule has 0 saturated carbocycles. The Balaban J connectivity index is 2.63. The normalized spacial score (nSPS) is 10.1. The van der Waals surface area contributed by atoms with Crippen LogP contribution in [0, 0.1) is 15.9 Å². The number of nitrogens with zero attached hydrogens (tertiary/aromatic N) is 1. The first kappa shape index (κ1) is 10.3. The van der Waals surface area contributed by atoms with Crippen molar-refractivity contribution in [1.29, 1.82) is 0 Å². The van der Waals surface area contributed by atoms with Crippen LogP contribution in [0.25, 0.3) is 11.1 Å². The molecule has 0 saturated heterocycles. The molecule has 80 valence electrons. The van der Waals surface area contributed by atoms with Crippen molar-refractivity contribution in [2.24, 2.45) is 0 Å². The summed E-state index contributed by atoms with van der Waals surface area (Å²) in [5.74, 6) is -0.482. The van der Waals surface area contributed by atoms with Crippen LogP contribution in [0.5, 0.6) is 0 Å². The largest absolute Gasteiger partial charge is 0.277 e. The van der Waals surface area contributed by atoms with Gasteiger partial charge in [-0.05, 0) is 17.7 Å². The van der Waals surface area contributed by atoms with Gasteiger partial charge in [0.05, 0.1) is 10.5 Å². The number of halogens is 1. The van der Waals surface area contributed by atoms with Gasteiger partial charge in [0, 0.05) is 6.07 Å². The van der Waals surface area contributed by atoms with Crippen molar-refractivity contribution < 1.29 is 9.31 Å². The molecule has 0 radical (unpaired) electrons. The minimum atomic E-state index is -0.512. The van der Waals surface area contributed by atoms with Gasteiger partial charge in [0.1, 0.15) is 5.82 Å². The van der Waals surface area contributed by atoms with Gasteiger partial charge >= 0.3 is 0 Å². The molecule has 2 aromatic rings. The highest BCUT2D eigenvalue weighted by molar-refractivity contribution is 5.73. The van der Waals surface area contributed by atoms with Gasteiger partial charge in [-0.1, -0.05) is 30.3 Å². The van der Waals surface area contributed by atoms with Crippen LogP contribution in [0.3, 0.4) is 0 Å². The molecule has 0 amide bonds. The number of nitro groups is 1. The molecular weight excluding hydrogens is 209 g/mol. The van der Waals surface area contributed by atoms with Gasteiger partial charge in [-0.3, -0.25) is 10.1 Å². The van der Waals surface area contributed by atoms with E-state index in [4.69, 9.17) is 0 Å². The molecule has 0 unspecified atom stereocenters. The standard InChI is InChI=1S/C12H8FNO2/c13-10-6-7-12(14(15)16)11(8-10)9-4-2-1-3-5-9/h1-8H. The zero-order chi connectivity index (χ0) is 11.5. The molecule has 16 heavy (non-hydrogen) atoms. The van der Waals surface area contributed by atoms with Crippen LogP contribution in [0.1, 0.15) is 0 Å². The van der Waals surface area contributed by atoms with E-state index in [0.29, 0.717) is 11.1 Å². The van der Waals surface area contributed by atoms with Crippen molar-refractivity contribution >= 4 is 5.69 Å². The summed E-state index contributed by atoms with van der Waals surface area (Å²) in [7, 11) is 0. The average molecular weight is 217 g/mol. The van der Waals surface area contributed by atoms with Crippen molar-refractivity contribution in [1.82, 2.24) is 0 Å². The van der Waals surface area contributed by atoms with Crippen LogP contribution in [-0.2, 0) is 0 Å². The highest BCUT2D eigenvalue weighted by Gasteiger charge is 2.15. The van der Waals surface area contributed by atoms with Crippen LogP contribution in [0.2, 0.25) is 0 Å². The molecule has 0 aliphatic heterocycles. The van der Waals surface area contributed by atoms with Crippen molar-refractivity contribution in [2.75, 3.05) is 0 Å². The van der Waals surface area contributed by atoms with E-state index >= 15 is 0 Å². The molecule has 0 fully saturated rings. The van der Waals surface area contributed by atoms with E-state index in [1.54, 1.807) is 30.3 Å². The van der Waals surface area contributed by atoms with E-state index in [-0.39, 0.29) is 5.69 Å². The van der Waals surface area contributed by atoms with Crippen molar-refractivity contribution in [2.45, 2.75) is 0 Å². The van der Waals surface area contributed by atoms with Gasteiger partial charge in [-0.15, -0.1) is 0 Å². The summed E-state index contributed by atoms with van der Waals surface area (Å²) in [6.45, 7) is 0. The van der Waals surface area contributed by atoms with Gasteiger partial charge in [0.25, 0.3) is 5.69 Å².